The standard InChI is InChI=1S/C12H7NO4/c1-2-8-4-3-5-9(6-8)17-12-13-10(7-16-12)11(14)15/h1,3-7H,(H,14,15). The van der Waals surface area contributed by atoms with Crippen LogP contribution in [0.5, 0.6) is 11.8 Å². The van der Waals surface area contributed by atoms with Gasteiger partial charge in [-0.05, 0) is 18.2 Å². The van der Waals surface area contributed by atoms with E-state index in [0.29, 0.717) is 11.3 Å². The van der Waals surface area contributed by atoms with E-state index in [0.717, 1.165) is 6.26 Å². The molecular formula is C12H7NO4. The van der Waals surface area contributed by atoms with Crippen LogP contribution in [0, 0.1) is 12.3 Å². The molecule has 1 aromatic heterocycles. The van der Waals surface area contributed by atoms with E-state index in [4.69, 9.17) is 20.7 Å². The van der Waals surface area contributed by atoms with Crippen molar-refractivity contribution in [1.29, 1.82) is 0 Å². The van der Waals surface area contributed by atoms with Gasteiger partial charge in [-0.2, -0.15) is 4.98 Å². The molecular weight excluding hydrogens is 222 g/mol. The Morgan fingerprint density at radius 1 is 1.53 bits per heavy atom. The maximum absolute atomic E-state index is 10.6. The van der Waals surface area contributed by atoms with Crippen LogP contribution in [0.4, 0.5) is 0 Å². The van der Waals surface area contributed by atoms with Crippen LogP contribution in [0.1, 0.15) is 16.1 Å². The molecule has 5 nitrogen and oxygen atoms in total. The summed E-state index contributed by atoms with van der Waals surface area (Å²) in [6.45, 7) is 0. The summed E-state index contributed by atoms with van der Waals surface area (Å²) in [5.41, 5.74) is 0.431. The summed E-state index contributed by atoms with van der Waals surface area (Å²) in [4.78, 5) is 14.2. The normalized spacial score (nSPS) is 9.59. The molecule has 0 aliphatic rings. The zero-order valence-electron chi connectivity index (χ0n) is 8.58. The van der Waals surface area contributed by atoms with Crippen molar-refractivity contribution >= 4 is 5.97 Å². The summed E-state index contributed by atoms with van der Waals surface area (Å²) in [7, 11) is 0. The van der Waals surface area contributed by atoms with Crippen LogP contribution in [0.15, 0.2) is 34.9 Å². The van der Waals surface area contributed by atoms with Crippen molar-refractivity contribution < 1.29 is 19.1 Å². The summed E-state index contributed by atoms with van der Waals surface area (Å²) in [5.74, 6) is 1.70. The van der Waals surface area contributed by atoms with Gasteiger partial charge in [-0.1, -0.05) is 12.0 Å². The second-order valence-corrected chi connectivity index (χ2v) is 3.08. The first-order valence-electron chi connectivity index (χ1n) is 4.62. The molecule has 0 aliphatic heterocycles. The van der Waals surface area contributed by atoms with Gasteiger partial charge in [-0.3, -0.25) is 0 Å². The van der Waals surface area contributed by atoms with Crippen LogP contribution in [0.3, 0.4) is 0 Å². The first-order chi connectivity index (χ1) is 8.19. The van der Waals surface area contributed by atoms with Crippen LogP contribution in [0.25, 0.3) is 0 Å². The van der Waals surface area contributed by atoms with Crippen molar-refractivity contribution in [3.8, 4) is 24.2 Å². The predicted molar refractivity (Wildman–Crippen MR) is 57.9 cm³/mol. The Morgan fingerprint density at radius 2 is 2.35 bits per heavy atom. The molecule has 0 aliphatic carbocycles. The Morgan fingerprint density at radius 3 is 3.00 bits per heavy atom. The Labute approximate surface area is 96.7 Å². The van der Waals surface area contributed by atoms with E-state index in [-0.39, 0.29) is 11.8 Å². The van der Waals surface area contributed by atoms with Crippen molar-refractivity contribution in [2.24, 2.45) is 0 Å². The lowest BCUT2D eigenvalue weighted by atomic mass is 10.2. The van der Waals surface area contributed by atoms with E-state index in [1.54, 1.807) is 24.3 Å². The molecule has 0 fully saturated rings. The van der Waals surface area contributed by atoms with E-state index in [1.807, 2.05) is 0 Å². The minimum Gasteiger partial charge on any atom is -0.476 e. The number of aromatic nitrogens is 1. The number of oxazole rings is 1. The highest BCUT2D eigenvalue weighted by molar-refractivity contribution is 5.84. The number of benzene rings is 1. The zero-order chi connectivity index (χ0) is 12.3. The maximum Gasteiger partial charge on any atom is 0.399 e. The molecule has 2 aromatic rings. The lowest BCUT2D eigenvalue weighted by Crippen LogP contribution is -1.95. The van der Waals surface area contributed by atoms with Gasteiger partial charge in [0.1, 0.15) is 12.0 Å². The lowest BCUT2D eigenvalue weighted by molar-refractivity contribution is 0.0690. The highest BCUT2D eigenvalue weighted by Gasteiger charge is 2.11. The second-order valence-electron chi connectivity index (χ2n) is 3.08. The quantitative estimate of drug-likeness (QED) is 0.816. The number of rotatable bonds is 3. The highest BCUT2D eigenvalue weighted by atomic mass is 16.6. The minimum atomic E-state index is -1.18. The first-order valence-corrected chi connectivity index (χ1v) is 4.62. The van der Waals surface area contributed by atoms with Crippen LogP contribution < -0.4 is 4.74 Å². The van der Waals surface area contributed by atoms with Gasteiger partial charge in [0.2, 0.25) is 0 Å². The van der Waals surface area contributed by atoms with Crippen molar-refractivity contribution in [2.45, 2.75) is 0 Å². The minimum absolute atomic E-state index is 0.142. The van der Waals surface area contributed by atoms with Crippen molar-refractivity contribution in [3.05, 3.63) is 41.8 Å². The third kappa shape index (κ3) is 2.44. The summed E-state index contributed by atoms with van der Waals surface area (Å²) < 4.78 is 10.1. The fourth-order valence-corrected chi connectivity index (χ4v) is 1.15. The highest BCUT2D eigenvalue weighted by Crippen LogP contribution is 2.21. The molecule has 1 N–H and O–H groups in total. The second kappa shape index (κ2) is 4.41. The van der Waals surface area contributed by atoms with Crippen molar-refractivity contribution in [3.63, 3.8) is 0 Å². The van der Waals surface area contributed by atoms with Gasteiger partial charge >= 0.3 is 12.0 Å². The molecule has 0 unspecified atom stereocenters. The van der Waals surface area contributed by atoms with Gasteiger partial charge < -0.3 is 14.3 Å². The van der Waals surface area contributed by atoms with E-state index in [2.05, 4.69) is 10.9 Å². The molecule has 0 amide bonds. The summed E-state index contributed by atoms with van der Waals surface area (Å²) in [6.07, 6.45) is 6.09. The molecule has 0 atom stereocenters. The fourth-order valence-electron chi connectivity index (χ4n) is 1.15. The largest absolute Gasteiger partial charge is 0.476 e. The average molecular weight is 229 g/mol. The number of carbonyl (C=O) groups is 1. The van der Waals surface area contributed by atoms with E-state index in [1.165, 1.54) is 0 Å². The maximum atomic E-state index is 10.6. The third-order valence-corrected chi connectivity index (χ3v) is 1.91. The van der Waals surface area contributed by atoms with Gasteiger partial charge in [0.15, 0.2) is 5.69 Å². The number of terminal acetylenes is 1. The molecule has 2 rings (SSSR count). The molecule has 84 valence electrons. The Bertz CT molecular complexity index is 595. The summed E-state index contributed by atoms with van der Waals surface area (Å²) in [6, 6.07) is 6.73. The molecule has 1 aromatic carbocycles. The van der Waals surface area contributed by atoms with Gasteiger partial charge in [-0.25, -0.2) is 4.79 Å². The molecule has 0 spiro atoms. The molecule has 5 heteroatoms. The molecule has 0 radical (unpaired) electrons. The third-order valence-electron chi connectivity index (χ3n) is 1.91. The van der Waals surface area contributed by atoms with Crippen LogP contribution in [-0.4, -0.2) is 16.1 Å². The van der Waals surface area contributed by atoms with E-state index in [9.17, 15) is 4.79 Å². The Balaban J connectivity index is 2.19. The van der Waals surface area contributed by atoms with Gasteiger partial charge in [-0.15, -0.1) is 6.42 Å². The Hall–Kier alpha value is -2.74. The smallest absolute Gasteiger partial charge is 0.399 e. The van der Waals surface area contributed by atoms with Gasteiger partial charge in [0.25, 0.3) is 0 Å². The predicted octanol–water partition coefficient (Wildman–Crippen LogP) is 2.15. The van der Waals surface area contributed by atoms with Crippen molar-refractivity contribution in [2.75, 3.05) is 0 Å². The number of aromatic carboxylic acids is 1. The van der Waals surface area contributed by atoms with Crippen molar-refractivity contribution in [1.82, 2.24) is 4.98 Å². The summed E-state index contributed by atoms with van der Waals surface area (Å²) >= 11 is 0. The number of ether oxygens (including phenoxy) is 1. The summed E-state index contributed by atoms with van der Waals surface area (Å²) in [5, 5.41) is 8.64. The first kappa shape index (κ1) is 10.8. The topological polar surface area (TPSA) is 72.6 Å². The monoisotopic (exact) mass is 229 g/mol. The number of carboxylic acids is 1. The van der Waals surface area contributed by atoms with Gasteiger partial charge in [0.05, 0.1) is 0 Å². The van der Waals surface area contributed by atoms with Crippen LogP contribution in [0.2, 0.25) is 0 Å². The molecule has 1 heterocycles. The van der Waals surface area contributed by atoms with E-state index < -0.39 is 5.97 Å². The average Bonchev–Trinajstić information content (AvgIpc) is 2.78. The Kier molecular flexibility index (Phi) is 2.79. The fraction of sp³-hybridized carbons (Fsp3) is 0. The number of nitrogens with zero attached hydrogens (tertiary/aromatic N) is 1. The SMILES string of the molecule is C#Cc1cccc(Oc2nc(C(=O)O)co2)c1. The lowest BCUT2D eigenvalue weighted by Gasteiger charge is -2.00. The molecule has 0 saturated heterocycles. The van der Waals surface area contributed by atoms with Gasteiger partial charge in [0, 0.05) is 5.56 Å². The number of hydrogen-bond donors (Lipinski definition) is 1. The zero-order valence-corrected chi connectivity index (χ0v) is 8.58. The number of hydrogen-bond acceptors (Lipinski definition) is 4. The molecule has 0 saturated carbocycles. The van der Waals surface area contributed by atoms with E-state index >= 15 is 0 Å². The molecule has 0 bridgehead atoms. The van der Waals surface area contributed by atoms with Crippen LogP contribution in [-0.2, 0) is 0 Å². The van der Waals surface area contributed by atoms with Crippen LogP contribution >= 0.6 is 0 Å². The number of carboxylic acid groups (broad SMARTS) is 1. The molecule has 17 heavy (non-hydrogen) atoms.